The second-order valence-electron chi connectivity index (χ2n) is 3.42. The quantitative estimate of drug-likeness (QED) is 0.772. The third-order valence-corrected chi connectivity index (χ3v) is 2.46. The van der Waals surface area contributed by atoms with Gasteiger partial charge < -0.3 is 15.1 Å². The molecule has 86 valence electrons. The molecule has 0 aromatic heterocycles. The molecule has 0 radical (unpaired) electrons. The molecule has 1 aromatic carbocycles. The lowest BCUT2D eigenvalue weighted by Crippen LogP contribution is -2.26. The van der Waals surface area contributed by atoms with Crippen LogP contribution in [-0.4, -0.2) is 29.9 Å². The highest BCUT2D eigenvalue weighted by molar-refractivity contribution is 5.60. The Morgan fingerprint density at radius 1 is 1.38 bits per heavy atom. The van der Waals surface area contributed by atoms with Crippen LogP contribution in [0.2, 0.25) is 0 Å². The number of hydrogen-bond acceptors (Lipinski definition) is 4. The number of nitrogens with zero attached hydrogens (tertiary/aromatic N) is 2. The summed E-state index contributed by atoms with van der Waals surface area (Å²) in [6.07, 6.45) is 0. The molecule has 16 heavy (non-hydrogen) atoms. The third-order valence-electron chi connectivity index (χ3n) is 2.46. The summed E-state index contributed by atoms with van der Waals surface area (Å²) < 4.78 is 0. The van der Waals surface area contributed by atoms with Crippen LogP contribution in [0.25, 0.3) is 0 Å². The summed E-state index contributed by atoms with van der Waals surface area (Å²) in [6.45, 7) is 3.19. The number of aliphatic hydroxyl groups excluding tert-OH is 2. The van der Waals surface area contributed by atoms with E-state index in [-0.39, 0.29) is 13.2 Å². The summed E-state index contributed by atoms with van der Waals surface area (Å²) in [5, 5.41) is 26.9. The van der Waals surface area contributed by atoms with E-state index in [0.29, 0.717) is 12.1 Å². The molecular weight excluding hydrogens is 204 g/mol. The Bertz CT molecular complexity index is 385. The molecule has 4 nitrogen and oxygen atoms in total. The predicted molar refractivity (Wildman–Crippen MR) is 62.1 cm³/mol. The topological polar surface area (TPSA) is 67.5 Å². The van der Waals surface area contributed by atoms with Crippen LogP contribution in [0.3, 0.4) is 0 Å². The van der Waals surface area contributed by atoms with Crippen LogP contribution < -0.4 is 4.90 Å². The summed E-state index contributed by atoms with van der Waals surface area (Å²) in [5.41, 5.74) is 2.05. The molecule has 1 rings (SSSR count). The van der Waals surface area contributed by atoms with Gasteiger partial charge in [0.15, 0.2) is 0 Å². The molecule has 0 unspecified atom stereocenters. The maximum atomic E-state index is 9.03. The Labute approximate surface area is 95.4 Å². The number of aliphatic hydroxyl groups is 2. The van der Waals surface area contributed by atoms with Gasteiger partial charge in [-0.05, 0) is 24.6 Å². The first-order valence-corrected chi connectivity index (χ1v) is 5.26. The number of benzene rings is 1. The van der Waals surface area contributed by atoms with Gasteiger partial charge in [-0.2, -0.15) is 5.26 Å². The average molecular weight is 220 g/mol. The van der Waals surface area contributed by atoms with Crippen molar-refractivity contribution >= 4 is 5.69 Å². The van der Waals surface area contributed by atoms with Gasteiger partial charge >= 0.3 is 0 Å². The summed E-state index contributed by atoms with van der Waals surface area (Å²) >= 11 is 0. The lowest BCUT2D eigenvalue weighted by Gasteiger charge is -2.23. The van der Waals surface area contributed by atoms with Gasteiger partial charge in [-0.15, -0.1) is 0 Å². The number of rotatable bonds is 5. The Morgan fingerprint density at radius 3 is 2.62 bits per heavy atom. The fraction of sp³-hybridized carbons (Fsp3) is 0.417. The maximum absolute atomic E-state index is 9.03. The molecule has 0 atom stereocenters. The molecule has 0 saturated heterocycles. The maximum Gasteiger partial charge on any atom is 0.101 e. The van der Waals surface area contributed by atoms with Crippen molar-refractivity contribution in [3.05, 3.63) is 29.3 Å². The SMILES string of the molecule is CCN(CCO)c1ccc(CO)cc1C#N. The Kier molecular flexibility index (Phi) is 4.77. The van der Waals surface area contributed by atoms with Crippen LogP contribution in [0, 0.1) is 11.3 Å². The monoisotopic (exact) mass is 220 g/mol. The third kappa shape index (κ3) is 2.72. The predicted octanol–water partition coefficient (Wildman–Crippen LogP) is 0.869. The zero-order chi connectivity index (χ0) is 12.0. The minimum absolute atomic E-state index is 0.0560. The molecule has 0 aliphatic rings. The highest BCUT2D eigenvalue weighted by Gasteiger charge is 2.09. The van der Waals surface area contributed by atoms with Gasteiger partial charge in [0.05, 0.1) is 24.5 Å². The molecule has 0 saturated carbocycles. The minimum atomic E-state index is -0.0684. The normalized spacial score (nSPS) is 9.88. The molecule has 0 amide bonds. The number of anilines is 1. The fourth-order valence-corrected chi connectivity index (χ4v) is 1.62. The molecular formula is C12H16N2O2. The Hall–Kier alpha value is -1.57. The molecule has 2 N–H and O–H groups in total. The molecule has 0 aliphatic carbocycles. The minimum Gasteiger partial charge on any atom is -0.395 e. The van der Waals surface area contributed by atoms with Crippen molar-refractivity contribution in [3.63, 3.8) is 0 Å². The van der Waals surface area contributed by atoms with Crippen molar-refractivity contribution in [2.24, 2.45) is 0 Å². The van der Waals surface area contributed by atoms with Crippen LogP contribution in [0.4, 0.5) is 5.69 Å². The van der Waals surface area contributed by atoms with Crippen LogP contribution in [0.5, 0.6) is 0 Å². The van der Waals surface area contributed by atoms with Gasteiger partial charge in [0.25, 0.3) is 0 Å². The van der Waals surface area contributed by atoms with Gasteiger partial charge in [0.2, 0.25) is 0 Å². The van der Waals surface area contributed by atoms with Crippen LogP contribution in [-0.2, 0) is 6.61 Å². The molecule has 0 fully saturated rings. The van der Waals surface area contributed by atoms with E-state index in [1.165, 1.54) is 0 Å². The molecule has 0 aliphatic heterocycles. The van der Waals surface area contributed by atoms with Gasteiger partial charge in [0.1, 0.15) is 6.07 Å². The van der Waals surface area contributed by atoms with Gasteiger partial charge in [0, 0.05) is 13.1 Å². The summed E-state index contributed by atoms with van der Waals surface area (Å²) in [6, 6.07) is 7.38. The van der Waals surface area contributed by atoms with Crippen molar-refractivity contribution in [1.29, 1.82) is 5.26 Å². The number of likely N-dealkylation sites (N-methyl/N-ethyl adjacent to an activating group) is 1. The lowest BCUT2D eigenvalue weighted by atomic mass is 10.1. The van der Waals surface area contributed by atoms with Gasteiger partial charge in [-0.1, -0.05) is 6.07 Å². The van der Waals surface area contributed by atoms with E-state index in [9.17, 15) is 0 Å². The van der Waals surface area contributed by atoms with E-state index in [0.717, 1.165) is 17.8 Å². The summed E-state index contributed by atoms with van der Waals surface area (Å²) in [4.78, 5) is 1.93. The second-order valence-corrected chi connectivity index (χ2v) is 3.42. The number of nitriles is 1. The van der Waals surface area contributed by atoms with Crippen molar-refractivity contribution in [2.75, 3.05) is 24.6 Å². The van der Waals surface area contributed by atoms with E-state index >= 15 is 0 Å². The lowest BCUT2D eigenvalue weighted by molar-refractivity contribution is 0.282. The largest absolute Gasteiger partial charge is 0.395 e. The van der Waals surface area contributed by atoms with Crippen molar-refractivity contribution in [2.45, 2.75) is 13.5 Å². The summed E-state index contributed by atoms with van der Waals surface area (Å²) in [7, 11) is 0. The van der Waals surface area contributed by atoms with Gasteiger partial charge in [-0.25, -0.2) is 0 Å². The first-order valence-electron chi connectivity index (χ1n) is 5.26. The van der Waals surface area contributed by atoms with Crippen LogP contribution in [0.15, 0.2) is 18.2 Å². The van der Waals surface area contributed by atoms with Crippen molar-refractivity contribution in [1.82, 2.24) is 0 Å². The fourth-order valence-electron chi connectivity index (χ4n) is 1.62. The van der Waals surface area contributed by atoms with E-state index in [4.69, 9.17) is 15.5 Å². The van der Waals surface area contributed by atoms with E-state index in [2.05, 4.69) is 6.07 Å². The van der Waals surface area contributed by atoms with Crippen LogP contribution in [0.1, 0.15) is 18.1 Å². The van der Waals surface area contributed by atoms with Crippen molar-refractivity contribution < 1.29 is 10.2 Å². The highest BCUT2D eigenvalue weighted by atomic mass is 16.3. The standard InChI is InChI=1S/C12H16N2O2/c1-2-14(5-6-15)12-4-3-10(9-16)7-11(12)8-13/h3-4,7,15-16H,2,5-6,9H2,1H3. The van der Waals surface area contributed by atoms with E-state index in [1.54, 1.807) is 12.1 Å². The smallest absolute Gasteiger partial charge is 0.101 e. The highest BCUT2D eigenvalue weighted by Crippen LogP contribution is 2.21. The molecule has 0 heterocycles. The molecule has 0 bridgehead atoms. The molecule has 1 aromatic rings. The summed E-state index contributed by atoms with van der Waals surface area (Å²) in [5.74, 6) is 0. The molecule has 0 spiro atoms. The van der Waals surface area contributed by atoms with Gasteiger partial charge in [-0.3, -0.25) is 0 Å². The number of hydrogen-bond donors (Lipinski definition) is 2. The van der Waals surface area contributed by atoms with E-state index < -0.39 is 0 Å². The second kappa shape index (κ2) is 6.11. The average Bonchev–Trinajstić information content (AvgIpc) is 2.35. The zero-order valence-corrected chi connectivity index (χ0v) is 9.35. The zero-order valence-electron chi connectivity index (χ0n) is 9.35. The van der Waals surface area contributed by atoms with Crippen LogP contribution >= 0.6 is 0 Å². The molecule has 4 heteroatoms. The first-order chi connectivity index (χ1) is 7.76. The Morgan fingerprint density at radius 2 is 2.12 bits per heavy atom. The first kappa shape index (κ1) is 12.5. The Balaban J connectivity index is 3.07. The van der Waals surface area contributed by atoms with E-state index in [1.807, 2.05) is 17.9 Å². The van der Waals surface area contributed by atoms with Crippen molar-refractivity contribution in [3.8, 4) is 6.07 Å².